The molecule has 4 atom stereocenters. The molecule has 50 heavy (non-hydrogen) atoms. The summed E-state index contributed by atoms with van der Waals surface area (Å²) in [6.45, 7) is 9.27. The van der Waals surface area contributed by atoms with E-state index in [1.807, 2.05) is 0 Å². The Balaban J connectivity index is 1.14. The quantitative estimate of drug-likeness (QED) is 0.120. The summed E-state index contributed by atoms with van der Waals surface area (Å²) in [5, 5.41) is 14.9. The van der Waals surface area contributed by atoms with Crippen LogP contribution in [-0.4, -0.2) is 97.7 Å². The number of benzene rings is 2. The predicted molar refractivity (Wildman–Crippen MR) is 190 cm³/mol. The average molecular weight is 683 g/mol. The van der Waals surface area contributed by atoms with E-state index in [1.54, 1.807) is 0 Å². The Kier molecular flexibility index (Phi) is 8.74. The molecule has 4 unspecified atom stereocenters. The molecular formula is C39H44F2N6O3. The first-order valence-corrected chi connectivity index (χ1v) is 17.8. The number of fused-ring (bicyclic) bond motifs is 4. The minimum atomic E-state index is -0.811. The third-order valence-electron chi connectivity index (χ3n) is 11.7. The van der Waals surface area contributed by atoms with Crippen molar-refractivity contribution in [3.8, 4) is 35.2 Å². The van der Waals surface area contributed by atoms with E-state index < -0.39 is 11.6 Å². The largest absolute Gasteiger partial charge is 0.508 e. The maximum atomic E-state index is 16.9. The number of methoxy groups -OCH3 is 1. The van der Waals surface area contributed by atoms with Gasteiger partial charge < -0.3 is 29.7 Å². The van der Waals surface area contributed by atoms with Crippen LogP contribution in [0, 0.1) is 41.2 Å². The number of terminal acetylenes is 1. The van der Waals surface area contributed by atoms with Crippen LogP contribution in [0.4, 0.5) is 14.5 Å². The number of aromatic hydroxyl groups is 1. The van der Waals surface area contributed by atoms with Crippen LogP contribution in [-0.2, 0) is 4.74 Å². The molecule has 3 saturated heterocycles. The van der Waals surface area contributed by atoms with Gasteiger partial charge in [-0.15, -0.1) is 6.42 Å². The van der Waals surface area contributed by atoms with E-state index in [-0.39, 0.29) is 69.3 Å². The van der Waals surface area contributed by atoms with E-state index >= 15 is 4.39 Å². The minimum absolute atomic E-state index is 0.0634. The molecule has 262 valence electrons. The smallest absolute Gasteiger partial charge is 0.227 e. The number of aromatic nitrogens is 1. The molecule has 11 heteroatoms. The van der Waals surface area contributed by atoms with Crippen LogP contribution in [0.1, 0.15) is 56.1 Å². The highest BCUT2D eigenvalue weighted by atomic mass is 19.1. The van der Waals surface area contributed by atoms with Crippen LogP contribution in [0.25, 0.3) is 22.0 Å². The SMILES string of the molecule is C#Cc1c(F)ccc2cc(O)cc(-c3nc(OC)c(/C(=N\COCC4(CN5CC6CCCC6C5)CC4)N4CC5CCC(C4)N5)c(N=C)c3F)c12. The topological polar surface area (TPSA) is 94.8 Å². The molecule has 5 aliphatic rings. The number of pyridine rings is 1. The van der Waals surface area contributed by atoms with Gasteiger partial charge >= 0.3 is 0 Å². The lowest BCUT2D eigenvalue weighted by molar-refractivity contribution is 0.0777. The third kappa shape index (κ3) is 6.01. The van der Waals surface area contributed by atoms with Gasteiger partial charge in [-0.3, -0.25) is 4.99 Å². The van der Waals surface area contributed by atoms with Gasteiger partial charge in [0.25, 0.3) is 0 Å². The Morgan fingerprint density at radius 3 is 2.52 bits per heavy atom. The molecule has 9 nitrogen and oxygen atoms in total. The van der Waals surface area contributed by atoms with Crippen LogP contribution < -0.4 is 10.1 Å². The van der Waals surface area contributed by atoms with Gasteiger partial charge in [0, 0.05) is 61.2 Å². The molecule has 0 radical (unpaired) electrons. The van der Waals surface area contributed by atoms with Crippen LogP contribution in [0.3, 0.4) is 0 Å². The Morgan fingerprint density at radius 1 is 1.12 bits per heavy atom. The maximum Gasteiger partial charge on any atom is 0.227 e. The lowest BCUT2D eigenvalue weighted by Gasteiger charge is -2.36. The van der Waals surface area contributed by atoms with E-state index in [2.05, 4.69) is 37.7 Å². The summed E-state index contributed by atoms with van der Waals surface area (Å²) in [7, 11) is 1.45. The highest BCUT2D eigenvalue weighted by Crippen LogP contribution is 2.49. The Bertz CT molecular complexity index is 1880. The molecule has 2 saturated carbocycles. The zero-order valence-electron chi connectivity index (χ0n) is 28.6. The number of phenols is 1. The van der Waals surface area contributed by atoms with Crippen molar-refractivity contribution in [3.63, 3.8) is 0 Å². The molecule has 8 rings (SSSR count). The fraction of sp³-hybridized carbons (Fsp3) is 0.513. The number of amidine groups is 1. The number of aliphatic imine (C=N–C) groups is 2. The van der Waals surface area contributed by atoms with Crippen molar-refractivity contribution >= 4 is 29.0 Å². The second-order valence-electron chi connectivity index (χ2n) is 15.0. The monoisotopic (exact) mass is 682 g/mol. The molecule has 2 aromatic carbocycles. The number of hydrogen-bond acceptors (Lipinski definition) is 8. The van der Waals surface area contributed by atoms with E-state index in [0.29, 0.717) is 30.9 Å². The first-order chi connectivity index (χ1) is 24.3. The van der Waals surface area contributed by atoms with Gasteiger partial charge in [0.2, 0.25) is 5.88 Å². The van der Waals surface area contributed by atoms with E-state index in [0.717, 1.165) is 44.1 Å². The Hall–Kier alpha value is -4.11. The van der Waals surface area contributed by atoms with Crippen LogP contribution in [0.15, 0.2) is 34.3 Å². The summed E-state index contributed by atoms with van der Waals surface area (Å²) in [6.07, 6.45) is 14.2. The van der Waals surface area contributed by atoms with Crippen LogP contribution in [0.5, 0.6) is 11.6 Å². The zero-order chi connectivity index (χ0) is 34.6. The predicted octanol–water partition coefficient (Wildman–Crippen LogP) is 5.88. The minimum Gasteiger partial charge on any atom is -0.508 e. The van der Waals surface area contributed by atoms with E-state index in [9.17, 15) is 9.50 Å². The van der Waals surface area contributed by atoms with Crippen molar-refractivity contribution in [2.45, 2.75) is 57.0 Å². The molecule has 0 amide bonds. The summed E-state index contributed by atoms with van der Waals surface area (Å²) in [4.78, 5) is 18.6. The van der Waals surface area contributed by atoms with Crippen LogP contribution >= 0.6 is 0 Å². The molecular weight excluding hydrogens is 638 g/mol. The zero-order valence-corrected chi connectivity index (χ0v) is 28.6. The lowest BCUT2D eigenvalue weighted by Crippen LogP contribution is -2.53. The molecule has 4 heterocycles. The van der Waals surface area contributed by atoms with Gasteiger partial charge in [0.15, 0.2) is 5.82 Å². The highest BCUT2D eigenvalue weighted by molar-refractivity contribution is 6.07. The van der Waals surface area contributed by atoms with Crippen molar-refractivity contribution in [1.29, 1.82) is 0 Å². The fourth-order valence-corrected chi connectivity index (χ4v) is 9.10. The molecule has 5 fully saturated rings. The van der Waals surface area contributed by atoms with Crippen molar-refractivity contribution < 1.29 is 23.4 Å². The molecule has 0 spiro atoms. The number of piperazine rings is 1. The average Bonchev–Trinajstić information content (AvgIpc) is 3.35. The number of phenolic OH excluding ortho intramolecular Hbond substituents is 1. The number of rotatable bonds is 10. The molecule has 2 aliphatic carbocycles. The van der Waals surface area contributed by atoms with Gasteiger partial charge in [0.1, 0.15) is 41.1 Å². The van der Waals surface area contributed by atoms with Crippen molar-refractivity contribution in [2.24, 2.45) is 27.2 Å². The number of halogens is 2. The second kappa shape index (κ2) is 13.2. The summed E-state index contributed by atoms with van der Waals surface area (Å²) < 4.78 is 43.9. The third-order valence-corrected chi connectivity index (χ3v) is 11.7. The van der Waals surface area contributed by atoms with Gasteiger partial charge in [0.05, 0.1) is 19.3 Å². The lowest BCUT2D eigenvalue weighted by atomic mass is 9.95. The van der Waals surface area contributed by atoms with Gasteiger partial charge in [-0.25, -0.2) is 18.8 Å². The molecule has 1 aromatic heterocycles. The van der Waals surface area contributed by atoms with Crippen LogP contribution in [0.2, 0.25) is 0 Å². The Labute approximate surface area is 291 Å². The molecule has 2 bridgehead atoms. The highest BCUT2D eigenvalue weighted by Gasteiger charge is 2.47. The van der Waals surface area contributed by atoms with Gasteiger partial charge in [-0.2, -0.15) is 0 Å². The first-order valence-electron chi connectivity index (χ1n) is 17.8. The summed E-state index contributed by atoms with van der Waals surface area (Å²) >= 11 is 0. The maximum absolute atomic E-state index is 16.9. The summed E-state index contributed by atoms with van der Waals surface area (Å²) in [6, 6.07) is 6.01. The van der Waals surface area contributed by atoms with Crippen molar-refractivity contribution in [2.75, 3.05) is 53.2 Å². The summed E-state index contributed by atoms with van der Waals surface area (Å²) in [5.41, 5.74) is 0.179. The van der Waals surface area contributed by atoms with Crippen molar-refractivity contribution in [3.05, 3.63) is 47.0 Å². The number of nitrogens with one attached hydrogen (secondary N) is 1. The standard InChI is InChI=1S/C39H44F2N6O3/c1-4-29-31(40)11-8-23-14-28(48)15-30(32(23)29)35-34(41)36(42-2)33(38(45-35)49-3)37(47-18-26-9-10-27(19-47)44-26)43-22-50-21-39(12-13-39)20-46-16-24-6-5-7-25(24)17-46/h1,8,11,14-15,24-27,44,48H,2,5-7,9-10,12-13,16-22H2,3H3/b43-37+. The molecule has 2 N–H and O–H groups in total. The van der Waals surface area contributed by atoms with Gasteiger partial charge in [-0.1, -0.05) is 18.4 Å². The second-order valence-corrected chi connectivity index (χ2v) is 15.0. The Morgan fingerprint density at radius 2 is 1.86 bits per heavy atom. The van der Waals surface area contributed by atoms with Gasteiger partial charge in [-0.05, 0) is 80.7 Å². The van der Waals surface area contributed by atoms with E-state index in [1.165, 1.54) is 63.7 Å². The molecule has 3 aliphatic heterocycles. The fourth-order valence-electron chi connectivity index (χ4n) is 9.10. The number of ether oxygens (including phenoxy) is 2. The van der Waals surface area contributed by atoms with Crippen molar-refractivity contribution in [1.82, 2.24) is 20.1 Å². The number of nitrogens with zero attached hydrogens (tertiary/aromatic N) is 5. The number of likely N-dealkylation sites (tertiary alicyclic amines) is 2. The first kappa shape index (κ1) is 33.1. The molecule has 3 aromatic rings. The normalized spacial score (nSPS) is 25.6. The van der Waals surface area contributed by atoms with E-state index in [4.69, 9.17) is 20.9 Å². The number of hydrogen-bond donors (Lipinski definition) is 2. The summed E-state index contributed by atoms with van der Waals surface area (Å²) in [5.74, 6) is 3.05.